The van der Waals surface area contributed by atoms with E-state index >= 15 is 0 Å². The van der Waals surface area contributed by atoms with Gasteiger partial charge in [-0.3, -0.25) is 0 Å². The normalized spacial score (nSPS) is 11.9. The molecule has 0 aliphatic carbocycles. The number of nitriles is 1. The van der Waals surface area contributed by atoms with Crippen LogP contribution in [0.3, 0.4) is 0 Å². The van der Waals surface area contributed by atoms with Crippen LogP contribution < -0.4 is 9.47 Å². The van der Waals surface area contributed by atoms with Crippen molar-refractivity contribution >= 4 is 22.7 Å². The van der Waals surface area contributed by atoms with E-state index in [1.54, 1.807) is 30.3 Å². The Morgan fingerprint density at radius 2 is 1.88 bits per heavy atom. The maximum atomic E-state index is 12.9. The average Bonchev–Trinajstić information content (AvgIpc) is 3.25. The average molecular weight is 449 g/mol. The first-order valence-electron chi connectivity index (χ1n) is 9.91. The Hall–Kier alpha value is -4.25. The molecule has 8 heteroatoms. The van der Waals surface area contributed by atoms with Crippen molar-refractivity contribution in [1.29, 1.82) is 5.26 Å². The zero-order chi connectivity index (χ0) is 23.4. The van der Waals surface area contributed by atoms with Crippen LogP contribution in [0.5, 0.6) is 11.5 Å². The molecule has 0 saturated heterocycles. The van der Waals surface area contributed by atoms with Gasteiger partial charge >= 0.3 is 6.18 Å². The van der Waals surface area contributed by atoms with E-state index in [-0.39, 0.29) is 6.61 Å². The molecule has 0 unspecified atom stereocenters. The topological polar surface area (TPSA) is 70.9 Å². The van der Waals surface area contributed by atoms with Gasteiger partial charge in [0.15, 0.2) is 11.5 Å². The molecule has 0 amide bonds. The lowest BCUT2D eigenvalue weighted by molar-refractivity contribution is -0.137. The molecule has 33 heavy (non-hydrogen) atoms. The summed E-state index contributed by atoms with van der Waals surface area (Å²) >= 11 is 0. The Morgan fingerprint density at radius 1 is 1.06 bits per heavy atom. The van der Waals surface area contributed by atoms with Crippen LogP contribution in [0, 0.1) is 11.3 Å². The molecule has 1 N–H and O–H groups in total. The number of halogens is 3. The zero-order valence-corrected chi connectivity index (χ0v) is 17.5. The summed E-state index contributed by atoms with van der Waals surface area (Å²) in [6.45, 7) is -0.0576. The van der Waals surface area contributed by atoms with Crippen LogP contribution in [0.15, 0.2) is 66.7 Å². The Labute approximate surface area is 187 Å². The van der Waals surface area contributed by atoms with Crippen LogP contribution >= 0.6 is 0 Å². The fourth-order valence-electron chi connectivity index (χ4n) is 3.29. The summed E-state index contributed by atoms with van der Waals surface area (Å²) in [7, 11) is 1.46. The Morgan fingerprint density at radius 3 is 2.61 bits per heavy atom. The number of para-hydroxylation sites is 2. The first kappa shape index (κ1) is 22.0. The van der Waals surface area contributed by atoms with Crippen molar-refractivity contribution in [2.45, 2.75) is 12.8 Å². The third-order valence-corrected chi connectivity index (χ3v) is 4.91. The molecule has 1 heterocycles. The number of alkyl halides is 3. The van der Waals surface area contributed by atoms with E-state index in [0.29, 0.717) is 34.0 Å². The van der Waals surface area contributed by atoms with E-state index in [4.69, 9.17) is 9.47 Å². The molecule has 3 aromatic carbocycles. The smallest absolute Gasteiger partial charge is 0.416 e. The number of nitrogens with zero attached hydrogens (tertiary/aromatic N) is 2. The fourth-order valence-corrected chi connectivity index (χ4v) is 3.29. The highest BCUT2D eigenvalue weighted by Crippen LogP contribution is 2.32. The number of benzene rings is 3. The standard InChI is InChI=1S/C25H18F3N3O2/c1-32-23-13-16(11-18(14-29)24-30-20-7-2-3-8-21(20)31-24)9-10-22(23)33-15-17-5-4-6-19(12-17)25(26,27)28/h2-13H,15H2,1H3,(H,30,31)/b18-11+. The maximum Gasteiger partial charge on any atom is 0.416 e. The summed E-state index contributed by atoms with van der Waals surface area (Å²) in [5.41, 5.74) is 2.24. The zero-order valence-electron chi connectivity index (χ0n) is 17.5. The predicted octanol–water partition coefficient (Wildman–Crippen LogP) is 6.23. The van der Waals surface area contributed by atoms with Crippen molar-refractivity contribution in [2.75, 3.05) is 7.11 Å². The number of hydrogen-bond acceptors (Lipinski definition) is 4. The molecule has 166 valence electrons. The van der Waals surface area contributed by atoms with Crippen LogP contribution in [0.4, 0.5) is 13.2 Å². The van der Waals surface area contributed by atoms with Gasteiger partial charge in [0.2, 0.25) is 0 Å². The van der Waals surface area contributed by atoms with Gasteiger partial charge < -0.3 is 14.5 Å². The molecule has 0 bridgehead atoms. The first-order valence-corrected chi connectivity index (χ1v) is 9.91. The minimum absolute atomic E-state index is 0.0576. The minimum atomic E-state index is -4.42. The van der Waals surface area contributed by atoms with Gasteiger partial charge in [0.1, 0.15) is 18.5 Å². The van der Waals surface area contributed by atoms with E-state index in [9.17, 15) is 18.4 Å². The maximum absolute atomic E-state index is 12.9. The number of methoxy groups -OCH3 is 1. The van der Waals surface area contributed by atoms with E-state index in [2.05, 4.69) is 16.0 Å². The molecule has 0 saturated carbocycles. The minimum Gasteiger partial charge on any atom is -0.493 e. The lowest BCUT2D eigenvalue weighted by Gasteiger charge is -2.13. The Bertz CT molecular complexity index is 1330. The van der Waals surface area contributed by atoms with Crippen LogP contribution in [-0.4, -0.2) is 17.1 Å². The molecule has 0 aliphatic rings. The van der Waals surface area contributed by atoms with E-state index in [1.165, 1.54) is 13.2 Å². The van der Waals surface area contributed by atoms with Gasteiger partial charge in [0, 0.05) is 0 Å². The molecular formula is C25H18F3N3O2. The molecule has 0 aliphatic heterocycles. The molecule has 5 nitrogen and oxygen atoms in total. The highest BCUT2D eigenvalue weighted by Gasteiger charge is 2.30. The lowest BCUT2D eigenvalue weighted by Crippen LogP contribution is -2.06. The number of aromatic amines is 1. The second-order valence-corrected chi connectivity index (χ2v) is 7.17. The quantitative estimate of drug-likeness (QED) is 0.354. The Kier molecular flexibility index (Phi) is 6.05. The molecule has 4 aromatic rings. The van der Waals surface area contributed by atoms with Crippen molar-refractivity contribution in [1.82, 2.24) is 9.97 Å². The monoisotopic (exact) mass is 449 g/mol. The van der Waals surface area contributed by atoms with Crippen molar-refractivity contribution in [2.24, 2.45) is 0 Å². The van der Waals surface area contributed by atoms with E-state index in [0.717, 1.165) is 23.2 Å². The number of allylic oxidation sites excluding steroid dienone is 1. The van der Waals surface area contributed by atoms with Crippen molar-refractivity contribution in [3.05, 3.63) is 89.2 Å². The van der Waals surface area contributed by atoms with Crippen molar-refractivity contribution < 1.29 is 22.6 Å². The largest absolute Gasteiger partial charge is 0.493 e. The third kappa shape index (κ3) is 4.99. The number of fused-ring (bicyclic) bond motifs is 1. The summed E-state index contributed by atoms with van der Waals surface area (Å²) in [4.78, 5) is 7.57. The van der Waals surface area contributed by atoms with Gasteiger partial charge in [-0.25, -0.2) is 4.98 Å². The van der Waals surface area contributed by atoms with Crippen LogP contribution in [0.2, 0.25) is 0 Å². The summed E-state index contributed by atoms with van der Waals surface area (Å²) in [6, 6.07) is 19.6. The molecule has 0 fully saturated rings. The van der Waals surface area contributed by atoms with Gasteiger partial charge in [-0.15, -0.1) is 0 Å². The molecular weight excluding hydrogens is 431 g/mol. The van der Waals surface area contributed by atoms with Gasteiger partial charge in [0.05, 0.1) is 29.3 Å². The number of H-pyrrole nitrogens is 1. The third-order valence-electron chi connectivity index (χ3n) is 4.91. The van der Waals surface area contributed by atoms with E-state index in [1.807, 2.05) is 24.3 Å². The number of imidazole rings is 1. The SMILES string of the molecule is COc1cc(/C=C(\C#N)c2nc3ccccc3[nH]2)ccc1OCc1cccc(C(F)(F)F)c1. The predicted molar refractivity (Wildman–Crippen MR) is 118 cm³/mol. The first-order chi connectivity index (χ1) is 15.9. The van der Waals surface area contributed by atoms with Gasteiger partial charge in [-0.1, -0.05) is 30.3 Å². The molecule has 1 aromatic heterocycles. The van der Waals surface area contributed by atoms with E-state index < -0.39 is 11.7 Å². The molecule has 4 rings (SSSR count). The summed E-state index contributed by atoms with van der Waals surface area (Å²) in [6.07, 6.45) is -2.75. The summed E-state index contributed by atoms with van der Waals surface area (Å²) in [5, 5.41) is 9.62. The van der Waals surface area contributed by atoms with Crippen LogP contribution in [0.25, 0.3) is 22.7 Å². The van der Waals surface area contributed by atoms with Gasteiger partial charge in [0.25, 0.3) is 0 Å². The number of nitrogens with one attached hydrogen (secondary N) is 1. The summed E-state index contributed by atoms with van der Waals surface area (Å²) < 4.78 is 49.8. The van der Waals surface area contributed by atoms with Crippen LogP contribution in [0.1, 0.15) is 22.5 Å². The number of rotatable bonds is 6. The lowest BCUT2D eigenvalue weighted by atomic mass is 10.1. The second kappa shape index (κ2) is 9.09. The highest BCUT2D eigenvalue weighted by atomic mass is 19.4. The highest BCUT2D eigenvalue weighted by molar-refractivity contribution is 5.90. The number of aromatic nitrogens is 2. The Balaban J connectivity index is 1.56. The number of ether oxygens (including phenoxy) is 2. The molecule has 0 atom stereocenters. The van der Waals surface area contributed by atoms with Crippen LogP contribution in [-0.2, 0) is 12.8 Å². The summed E-state index contributed by atoms with van der Waals surface area (Å²) in [5.74, 6) is 1.20. The second-order valence-electron chi connectivity index (χ2n) is 7.17. The molecule has 0 spiro atoms. The van der Waals surface area contributed by atoms with Gasteiger partial charge in [-0.05, 0) is 53.6 Å². The van der Waals surface area contributed by atoms with Crippen molar-refractivity contribution in [3.63, 3.8) is 0 Å². The molecule has 0 radical (unpaired) electrons. The van der Waals surface area contributed by atoms with Crippen molar-refractivity contribution in [3.8, 4) is 17.6 Å². The van der Waals surface area contributed by atoms with Gasteiger partial charge in [-0.2, -0.15) is 18.4 Å². The number of hydrogen-bond donors (Lipinski definition) is 1. The fraction of sp³-hybridized carbons (Fsp3) is 0.120.